The fraction of sp³-hybridized carbons (Fsp3) is 0.0909. The molecular formula is C11H9ClFN3O. The van der Waals surface area contributed by atoms with Crippen molar-refractivity contribution in [1.29, 1.82) is 0 Å². The minimum absolute atomic E-state index is 0.105. The number of hydrogen-bond acceptors (Lipinski definition) is 4. The first kappa shape index (κ1) is 11.6. The number of anilines is 1. The maximum absolute atomic E-state index is 13.1. The molecule has 0 radical (unpaired) electrons. The van der Waals surface area contributed by atoms with E-state index in [2.05, 4.69) is 9.97 Å². The molecule has 2 rings (SSSR count). The summed E-state index contributed by atoms with van der Waals surface area (Å²) < 4.78 is 18.5. The second-order valence-electron chi connectivity index (χ2n) is 3.39. The number of ether oxygens (including phenoxy) is 1. The molecule has 2 aromatic rings. The largest absolute Gasteiger partial charge is 0.437 e. The van der Waals surface area contributed by atoms with Gasteiger partial charge in [-0.3, -0.25) is 0 Å². The van der Waals surface area contributed by atoms with Crippen LogP contribution < -0.4 is 10.5 Å². The molecule has 1 heterocycles. The molecule has 0 unspecified atom stereocenters. The topological polar surface area (TPSA) is 61.0 Å². The minimum Gasteiger partial charge on any atom is -0.437 e. The predicted molar refractivity (Wildman–Crippen MR) is 62.7 cm³/mol. The second-order valence-corrected chi connectivity index (χ2v) is 3.77. The molecule has 0 bridgehead atoms. The van der Waals surface area contributed by atoms with Crippen molar-refractivity contribution in [3.63, 3.8) is 0 Å². The summed E-state index contributed by atoms with van der Waals surface area (Å²) >= 11 is 5.87. The van der Waals surface area contributed by atoms with E-state index in [9.17, 15) is 4.39 Å². The van der Waals surface area contributed by atoms with Crippen molar-refractivity contribution in [3.8, 4) is 11.6 Å². The molecule has 0 aliphatic heterocycles. The van der Waals surface area contributed by atoms with Gasteiger partial charge in [-0.05, 0) is 18.6 Å². The molecule has 88 valence electrons. The summed E-state index contributed by atoms with van der Waals surface area (Å²) in [5.74, 6) is 0.160. The first-order valence-electron chi connectivity index (χ1n) is 4.78. The van der Waals surface area contributed by atoms with Gasteiger partial charge >= 0.3 is 0 Å². The minimum atomic E-state index is -0.399. The maximum atomic E-state index is 13.1. The van der Waals surface area contributed by atoms with Gasteiger partial charge in [0.05, 0.1) is 0 Å². The van der Waals surface area contributed by atoms with E-state index in [4.69, 9.17) is 22.1 Å². The van der Waals surface area contributed by atoms with Crippen LogP contribution in [0.4, 0.5) is 10.2 Å². The number of halogens is 2. The van der Waals surface area contributed by atoms with Crippen LogP contribution in [0.3, 0.4) is 0 Å². The molecule has 2 N–H and O–H groups in total. The molecule has 0 amide bonds. The highest BCUT2D eigenvalue weighted by Crippen LogP contribution is 2.31. The van der Waals surface area contributed by atoms with Crippen LogP contribution in [-0.2, 0) is 0 Å². The van der Waals surface area contributed by atoms with E-state index in [1.807, 2.05) is 0 Å². The van der Waals surface area contributed by atoms with Gasteiger partial charge in [-0.25, -0.2) is 9.37 Å². The molecule has 1 aromatic heterocycles. The zero-order valence-corrected chi connectivity index (χ0v) is 9.70. The monoisotopic (exact) mass is 253 g/mol. The zero-order chi connectivity index (χ0) is 12.4. The molecular weight excluding hydrogens is 245 g/mol. The van der Waals surface area contributed by atoms with Crippen LogP contribution in [0.15, 0.2) is 24.5 Å². The Hall–Kier alpha value is -1.88. The standard InChI is InChI=1S/C11H9ClFN3O/c1-6-2-3-7(13)4-8(6)17-11-9(12)10(14)15-5-16-11/h2-5H,1H3,(H2,14,15,16). The molecule has 0 saturated heterocycles. The van der Waals surface area contributed by atoms with Crippen molar-refractivity contribution < 1.29 is 9.13 Å². The highest BCUT2D eigenvalue weighted by molar-refractivity contribution is 6.34. The van der Waals surface area contributed by atoms with Gasteiger partial charge < -0.3 is 10.5 Å². The summed E-state index contributed by atoms with van der Waals surface area (Å²) in [4.78, 5) is 7.54. The molecule has 0 spiro atoms. The normalized spacial score (nSPS) is 10.3. The number of benzene rings is 1. The third kappa shape index (κ3) is 2.45. The van der Waals surface area contributed by atoms with E-state index in [1.54, 1.807) is 13.0 Å². The van der Waals surface area contributed by atoms with Crippen LogP contribution in [0.1, 0.15) is 5.56 Å². The van der Waals surface area contributed by atoms with Crippen LogP contribution in [0.2, 0.25) is 5.02 Å². The summed E-state index contributed by atoms with van der Waals surface area (Å²) in [5, 5.41) is 0.108. The summed E-state index contributed by atoms with van der Waals surface area (Å²) in [5.41, 5.74) is 6.27. The van der Waals surface area contributed by atoms with Crippen molar-refractivity contribution >= 4 is 17.4 Å². The summed E-state index contributed by atoms with van der Waals surface area (Å²) in [6.45, 7) is 1.78. The third-order valence-electron chi connectivity index (χ3n) is 2.14. The molecule has 4 nitrogen and oxygen atoms in total. The number of nitrogen functional groups attached to an aromatic ring is 1. The number of aryl methyl sites for hydroxylation is 1. The fourth-order valence-corrected chi connectivity index (χ4v) is 1.36. The van der Waals surface area contributed by atoms with Gasteiger partial charge in [0.25, 0.3) is 0 Å². The lowest BCUT2D eigenvalue weighted by Gasteiger charge is -2.09. The van der Waals surface area contributed by atoms with Crippen LogP contribution in [0.5, 0.6) is 11.6 Å². The number of aromatic nitrogens is 2. The van der Waals surface area contributed by atoms with Gasteiger partial charge in [-0.2, -0.15) is 4.98 Å². The second kappa shape index (κ2) is 4.55. The van der Waals surface area contributed by atoms with Crippen LogP contribution in [-0.4, -0.2) is 9.97 Å². The number of hydrogen-bond donors (Lipinski definition) is 1. The van der Waals surface area contributed by atoms with Crippen molar-refractivity contribution in [2.24, 2.45) is 0 Å². The highest BCUT2D eigenvalue weighted by Gasteiger charge is 2.10. The number of rotatable bonds is 2. The SMILES string of the molecule is Cc1ccc(F)cc1Oc1ncnc(N)c1Cl. The van der Waals surface area contributed by atoms with Crippen LogP contribution >= 0.6 is 11.6 Å². The van der Waals surface area contributed by atoms with E-state index in [0.717, 1.165) is 5.56 Å². The lowest BCUT2D eigenvalue weighted by Crippen LogP contribution is -1.97. The van der Waals surface area contributed by atoms with Gasteiger partial charge in [-0.15, -0.1) is 0 Å². The number of nitrogens with zero attached hydrogens (tertiary/aromatic N) is 2. The van der Waals surface area contributed by atoms with Crippen LogP contribution in [0, 0.1) is 12.7 Å². The first-order valence-corrected chi connectivity index (χ1v) is 5.15. The Morgan fingerprint density at radius 1 is 1.35 bits per heavy atom. The summed E-state index contributed by atoms with van der Waals surface area (Å²) in [6.07, 6.45) is 1.23. The van der Waals surface area contributed by atoms with E-state index < -0.39 is 5.82 Å². The van der Waals surface area contributed by atoms with Crippen molar-refractivity contribution in [3.05, 3.63) is 40.9 Å². The third-order valence-corrected chi connectivity index (χ3v) is 2.50. The molecule has 0 saturated carbocycles. The quantitative estimate of drug-likeness (QED) is 0.894. The van der Waals surface area contributed by atoms with E-state index >= 15 is 0 Å². The molecule has 1 aromatic carbocycles. The summed E-state index contributed by atoms with van der Waals surface area (Å²) in [6, 6.07) is 4.20. The molecule has 0 atom stereocenters. The number of nitrogens with two attached hydrogens (primary N) is 1. The van der Waals surface area contributed by atoms with E-state index in [0.29, 0.717) is 5.75 Å². The van der Waals surface area contributed by atoms with Gasteiger partial charge in [-0.1, -0.05) is 17.7 Å². The Kier molecular flexibility index (Phi) is 3.10. The average molecular weight is 254 g/mol. The lowest BCUT2D eigenvalue weighted by atomic mass is 10.2. The highest BCUT2D eigenvalue weighted by atomic mass is 35.5. The smallest absolute Gasteiger partial charge is 0.243 e. The van der Waals surface area contributed by atoms with E-state index in [-0.39, 0.29) is 16.7 Å². The fourth-order valence-electron chi connectivity index (χ4n) is 1.23. The van der Waals surface area contributed by atoms with Crippen molar-refractivity contribution in [2.75, 3.05) is 5.73 Å². The van der Waals surface area contributed by atoms with Gasteiger partial charge in [0.2, 0.25) is 5.88 Å². The molecule has 6 heteroatoms. The zero-order valence-electron chi connectivity index (χ0n) is 8.95. The average Bonchev–Trinajstić information content (AvgIpc) is 2.30. The molecule has 0 aliphatic carbocycles. The Morgan fingerprint density at radius 3 is 2.88 bits per heavy atom. The van der Waals surface area contributed by atoms with Gasteiger partial charge in [0, 0.05) is 6.07 Å². The Balaban J connectivity index is 2.38. The molecule has 17 heavy (non-hydrogen) atoms. The van der Waals surface area contributed by atoms with Crippen molar-refractivity contribution in [1.82, 2.24) is 9.97 Å². The molecule has 0 fully saturated rings. The van der Waals surface area contributed by atoms with Crippen molar-refractivity contribution in [2.45, 2.75) is 6.92 Å². The Bertz CT molecular complexity index is 562. The van der Waals surface area contributed by atoms with E-state index in [1.165, 1.54) is 18.5 Å². The lowest BCUT2D eigenvalue weighted by molar-refractivity contribution is 0.454. The van der Waals surface area contributed by atoms with Gasteiger partial charge in [0.15, 0.2) is 0 Å². The maximum Gasteiger partial charge on any atom is 0.243 e. The van der Waals surface area contributed by atoms with Gasteiger partial charge in [0.1, 0.15) is 28.7 Å². The Morgan fingerprint density at radius 2 is 2.12 bits per heavy atom. The predicted octanol–water partition coefficient (Wildman–Crippen LogP) is 2.95. The first-order chi connectivity index (χ1) is 8.08. The molecule has 0 aliphatic rings. The Labute approximate surface area is 102 Å². The van der Waals surface area contributed by atoms with Crippen LogP contribution in [0.25, 0.3) is 0 Å². The summed E-state index contributed by atoms with van der Waals surface area (Å²) in [7, 11) is 0.